The van der Waals surface area contributed by atoms with Crippen molar-refractivity contribution in [3.8, 4) is 44.5 Å². The van der Waals surface area contributed by atoms with Gasteiger partial charge >= 0.3 is 21.1 Å². The first-order valence-corrected chi connectivity index (χ1v) is 18.2. The molecule has 69 heavy (non-hydrogen) atoms. The van der Waals surface area contributed by atoms with Crippen LogP contribution in [0.3, 0.4) is 0 Å². The van der Waals surface area contributed by atoms with Crippen LogP contribution >= 0.6 is 0 Å². The fourth-order valence-corrected chi connectivity index (χ4v) is 7.41. The molecule has 8 bridgehead atoms. The first-order chi connectivity index (χ1) is 32.1. The Labute approximate surface area is 382 Å². The number of hydrogen-bond donors (Lipinski definition) is 0. The van der Waals surface area contributed by atoms with E-state index in [1.807, 2.05) is 0 Å². The minimum Gasteiger partial charge on any atom is -0.657 e. The van der Waals surface area contributed by atoms with Crippen LogP contribution in [0.4, 0.5) is 87.8 Å². The van der Waals surface area contributed by atoms with Gasteiger partial charge in [-0.2, -0.15) is 0 Å². The van der Waals surface area contributed by atoms with Crippen molar-refractivity contribution >= 4 is 46.4 Å². The predicted octanol–water partition coefficient (Wildman–Crippen LogP) is 13.4. The van der Waals surface area contributed by atoms with Gasteiger partial charge in [-0.1, -0.05) is 24.3 Å². The molecule has 0 N–H and O–H groups in total. The molecule has 0 saturated carbocycles. The average Bonchev–Trinajstić information content (AvgIpc) is 4.18. The van der Waals surface area contributed by atoms with Crippen LogP contribution in [0.2, 0.25) is 0 Å². The van der Waals surface area contributed by atoms with Crippen LogP contribution in [0.15, 0.2) is 24.3 Å². The van der Waals surface area contributed by atoms with Gasteiger partial charge in [0.25, 0.3) is 0 Å². The normalized spacial score (nSPS) is 12.1. The standard InChI is InChI=1S/C44H8F20N4.Pt/c45-25-21(26(46)34(54)41(61)33(25)53)17-9-1-2-10(65-9)18(22-27(47)35(55)42(62)36(56)28(22)48)12-5-6-14(67-12)20(24-31(51)39(59)44(64)40(60)32(24)52)16-8-7-15(68-16)19(13-4-3-11(17)66-13)23-29(49)37(57)43(63)38(58)30(23)50;/h1-8H;/q-2;+2. The Hall–Kier alpha value is -7.23. The van der Waals surface area contributed by atoms with Crippen LogP contribution < -0.4 is 9.97 Å². The number of aromatic nitrogens is 4. The van der Waals surface area contributed by atoms with E-state index >= 15 is 35.1 Å². The second-order valence-corrected chi connectivity index (χ2v) is 14.1. The van der Waals surface area contributed by atoms with E-state index < -0.39 is 206 Å². The quantitative estimate of drug-likeness (QED) is 0.100. The fraction of sp³-hybridized carbons (Fsp3) is 0. The van der Waals surface area contributed by atoms with Gasteiger partial charge in [0.05, 0.1) is 45.0 Å². The van der Waals surface area contributed by atoms with Crippen molar-refractivity contribution in [2.24, 2.45) is 0 Å². The zero-order valence-electron chi connectivity index (χ0n) is 32.3. The molecule has 0 unspecified atom stereocenters. The number of rotatable bonds is 4. The Balaban J connectivity index is 0.00000642. The van der Waals surface area contributed by atoms with E-state index in [1.165, 1.54) is 0 Å². The summed E-state index contributed by atoms with van der Waals surface area (Å²) in [7, 11) is 0. The molecule has 0 saturated heterocycles. The molecule has 0 spiro atoms. The van der Waals surface area contributed by atoms with Gasteiger partial charge in [0.15, 0.2) is 93.1 Å². The molecule has 3 aromatic heterocycles. The third-order valence-corrected chi connectivity index (χ3v) is 10.4. The van der Waals surface area contributed by atoms with Gasteiger partial charge < -0.3 is 9.97 Å². The van der Waals surface area contributed by atoms with Crippen molar-refractivity contribution in [1.29, 1.82) is 0 Å². The maximum atomic E-state index is 15.8. The van der Waals surface area contributed by atoms with Crippen molar-refractivity contribution in [3.05, 3.63) is 163 Å². The van der Waals surface area contributed by atoms with Crippen molar-refractivity contribution in [2.45, 2.75) is 0 Å². The van der Waals surface area contributed by atoms with Crippen LogP contribution in [0.5, 0.6) is 0 Å². The van der Waals surface area contributed by atoms with Crippen LogP contribution in [0.25, 0.3) is 90.9 Å². The van der Waals surface area contributed by atoms with Crippen LogP contribution in [-0.2, 0) is 21.1 Å². The largest absolute Gasteiger partial charge is 2.00 e. The van der Waals surface area contributed by atoms with E-state index in [0.29, 0.717) is 48.6 Å². The molecule has 354 valence electrons. The zero-order chi connectivity index (χ0) is 49.3. The summed E-state index contributed by atoms with van der Waals surface area (Å²) in [5.41, 5.74) is -21.6. The summed E-state index contributed by atoms with van der Waals surface area (Å²) in [6.45, 7) is 0. The van der Waals surface area contributed by atoms with E-state index in [2.05, 4.69) is 19.9 Å². The molecule has 25 heteroatoms. The predicted molar refractivity (Wildman–Crippen MR) is 198 cm³/mol. The van der Waals surface area contributed by atoms with E-state index in [0.717, 1.165) is 0 Å². The van der Waals surface area contributed by atoms with E-state index in [4.69, 9.17) is 0 Å². The Morgan fingerprint density at radius 2 is 0.362 bits per heavy atom. The first kappa shape index (κ1) is 48.2. The molecule has 0 aliphatic carbocycles. The first-order valence-electron chi connectivity index (χ1n) is 18.2. The summed E-state index contributed by atoms with van der Waals surface area (Å²) in [6.07, 6.45) is 2.26. The Morgan fingerprint density at radius 1 is 0.217 bits per heavy atom. The van der Waals surface area contributed by atoms with Crippen LogP contribution in [0.1, 0.15) is 22.8 Å². The molecule has 2 aliphatic rings. The summed E-state index contributed by atoms with van der Waals surface area (Å²) in [6, 6.07) is 2.26. The number of halogens is 20. The molecule has 0 amide bonds. The molecular formula is C44H8F20N4Pt. The third-order valence-electron chi connectivity index (χ3n) is 10.4. The van der Waals surface area contributed by atoms with Gasteiger partial charge in [-0.05, 0) is 46.6 Å². The van der Waals surface area contributed by atoms with Gasteiger partial charge in [-0.25, -0.2) is 97.8 Å². The van der Waals surface area contributed by atoms with E-state index in [9.17, 15) is 52.7 Å². The third kappa shape index (κ3) is 7.03. The molecular weight excluding hydrogens is 1160 g/mol. The minimum absolute atomic E-state index is 0. The minimum atomic E-state index is -2.73. The van der Waals surface area contributed by atoms with Gasteiger partial charge in [0, 0.05) is 0 Å². The van der Waals surface area contributed by atoms with Crippen molar-refractivity contribution in [3.63, 3.8) is 0 Å². The molecule has 4 aromatic carbocycles. The fourth-order valence-electron chi connectivity index (χ4n) is 7.41. The van der Waals surface area contributed by atoms with Crippen molar-refractivity contribution in [1.82, 2.24) is 19.9 Å². The number of nitrogens with zero attached hydrogens (tertiary/aromatic N) is 4. The Morgan fingerprint density at radius 3 is 0.522 bits per heavy atom. The number of benzene rings is 4. The Kier molecular flexibility index (Phi) is 11.9. The molecule has 0 radical (unpaired) electrons. The van der Waals surface area contributed by atoms with Crippen molar-refractivity contribution < 1.29 is 109 Å². The maximum Gasteiger partial charge on any atom is 2.00 e. The number of fused-ring (bicyclic) bond motifs is 8. The topological polar surface area (TPSA) is 54.0 Å². The summed E-state index contributed by atoms with van der Waals surface area (Å²) < 4.78 is 303. The molecule has 5 heterocycles. The monoisotopic (exact) mass is 1170 g/mol. The van der Waals surface area contributed by atoms with E-state index in [-0.39, 0.29) is 21.1 Å². The second-order valence-electron chi connectivity index (χ2n) is 14.1. The summed E-state index contributed by atoms with van der Waals surface area (Å²) in [5, 5.41) is 0. The average molecular weight is 1170 g/mol. The summed E-state index contributed by atoms with van der Waals surface area (Å²) in [4.78, 5) is 15.6. The molecule has 4 nitrogen and oxygen atoms in total. The van der Waals surface area contributed by atoms with Gasteiger partial charge in [-0.3, -0.25) is 0 Å². The zero-order valence-corrected chi connectivity index (χ0v) is 34.6. The molecule has 9 rings (SSSR count). The van der Waals surface area contributed by atoms with Crippen LogP contribution in [-0.4, -0.2) is 9.97 Å². The van der Waals surface area contributed by atoms with Gasteiger partial charge in [-0.15, -0.1) is 22.1 Å². The van der Waals surface area contributed by atoms with Crippen LogP contribution in [0, 0.1) is 116 Å². The molecule has 7 aromatic rings. The maximum absolute atomic E-state index is 15.8. The SMILES string of the molecule is Fc1c(F)c(F)c(-c2c3nc(c(-c4c(F)c(F)c(F)c(F)c4F)c4ccc([n-]4)c(-c4c(F)c(F)c(F)c(F)c4F)c4nc(c(-c5c(F)c(F)c(F)c(F)c5F)c5ccc2[n-]5)C=C4)C=C3)c(F)c1F.[Pt+2]. The smallest absolute Gasteiger partial charge is 0.657 e. The van der Waals surface area contributed by atoms with Crippen molar-refractivity contribution in [2.75, 3.05) is 0 Å². The molecule has 2 aliphatic heterocycles. The Bertz CT molecular complexity index is 3120. The molecule has 0 atom stereocenters. The summed E-state index contributed by atoms with van der Waals surface area (Å²) in [5.74, 6) is -53.1. The number of hydrogen-bond acceptors (Lipinski definition) is 2. The molecule has 0 fully saturated rings. The van der Waals surface area contributed by atoms with E-state index in [1.54, 1.807) is 0 Å². The second kappa shape index (κ2) is 17.1. The summed E-state index contributed by atoms with van der Waals surface area (Å²) >= 11 is 0. The van der Waals surface area contributed by atoms with Gasteiger partial charge in [0.1, 0.15) is 0 Å². The van der Waals surface area contributed by atoms with Gasteiger partial charge in [0.2, 0.25) is 23.3 Å².